The summed E-state index contributed by atoms with van der Waals surface area (Å²) in [4.78, 5) is 11.3. The van der Waals surface area contributed by atoms with Crippen LogP contribution in [0.25, 0.3) is 10.8 Å². The van der Waals surface area contributed by atoms with E-state index in [1.165, 1.54) is 0 Å². The molecule has 1 amide bonds. The number of hydrogen-bond donors (Lipinski definition) is 1. The average molecular weight is 281 g/mol. The zero-order chi connectivity index (χ0) is 15.1. The topological polar surface area (TPSA) is 38.3 Å². The van der Waals surface area contributed by atoms with E-state index in [1.807, 2.05) is 44.2 Å². The molecule has 0 fully saturated rings. The molecule has 0 bridgehead atoms. The molecule has 2 aromatic carbocycles. The fourth-order valence-corrected chi connectivity index (χ4v) is 1.88. The number of carbonyl (C=O) groups excluding carboxylic acids is 1. The first-order valence-corrected chi connectivity index (χ1v) is 7.02. The standard InChI is InChI=1S/C18H19NO2/c1-14(2)18(20)19-12-5-6-13-21-17-11-7-9-15-8-3-4-10-16(15)17/h3-4,7-11,14H,12-13H2,1-2H3,(H,19,20). The van der Waals surface area contributed by atoms with Crippen LogP contribution in [0.5, 0.6) is 5.75 Å². The summed E-state index contributed by atoms with van der Waals surface area (Å²) in [5, 5.41) is 4.97. The summed E-state index contributed by atoms with van der Waals surface area (Å²) in [5.74, 6) is 6.61. The number of ether oxygens (including phenoxy) is 1. The van der Waals surface area contributed by atoms with Gasteiger partial charge < -0.3 is 10.1 Å². The van der Waals surface area contributed by atoms with Crippen LogP contribution in [-0.2, 0) is 4.79 Å². The van der Waals surface area contributed by atoms with Crippen LogP contribution in [0.15, 0.2) is 42.5 Å². The van der Waals surface area contributed by atoms with E-state index >= 15 is 0 Å². The van der Waals surface area contributed by atoms with Crippen LogP contribution in [0, 0.1) is 17.8 Å². The van der Waals surface area contributed by atoms with Crippen LogP contribution in [-0.4, -0.2) is 19.1 Å². The number of hydrogen-bond acceptors (Lipinski definition) is 2. The molecule has 0 radical (unpaired) electrons. The van der Waals surface area contributed by atoms with Gasteiger partial charge in [0.05, 0.1) is 6.54 Å². The Hall–Kier alpha value is -2.47. The third-order valence-corrected chi connectivity index (χ3v) is 3.05. The van der Waals surface area contributed by atoms with Crippen LogP contribution >= 0.6 is 0 Å². The number of carbonyl (C=O) groups is 1. The fraction of sp³-hybridized carbons (Fsp3) is 0.278. The van der Waals surface area contributed by atoms with Crippen molar-refractivity contribution in [3.63, 3.8) is 0 Å². The molecule has 1 N–H and O–H groups in total. The molecule has 0 atom stereocenters. The van der Waals surface area contributed by atoms with Gasteiger partial charge in [-0.25, -0.2) is 0 Å². The van der Waals surface area contributed by atoms with E-state index in [9.17, 15) is 4.79 Å². The van der Waals surface area contributed by atoms with E-state index in [1.54, 1.807) is 0 Å². The van der Waals surface area contributed by atoms with Gasteiger partial charge in [0.1, 0.15) is 12.4 Å². The molecule has 3 heteroatoms. The van der Waals surface area contributed by atoms with Crippen molar-refractivity contribution in [1.29, 1.82) is 0 Å². The van der Waals surface area contributed by atoms with Crippen molar-refractivity contribution in [3.05, 3.63) is 42.5 Å². The highest BCUT2D eigenvalue weighted by molar-refractivity contribution is 5.88. The molecule has 0 saturated heterocycles. The van der Waals surface area contributed by atoms with Gasteiger partial charge in [0, 0.05) is 11.3 Å². The summed E-state index contributed by atoms with van der Waals surface area (Å²) in [6.45, 7) is 4.38. The second-order valence-corrected chi connectivity index (χ2v) is 4.99. The van der Waals surface area contributed by atoms with Gasteiger partial charge >= 0.3 is 0 Å². The Labute approximate surface area is 125 Å². The zero-order valence-corrected chi connectivity index (χ0v) is 12.3. The number of rotatable bonds is 4. The van der Waals surface area contributed by atoms with E-state index in [4.69, 9.17) is 4.74 Å². The zero-order valence-electron chi connectivity index (χ0n) is 12.3. The molecule has 2 rings (SSSR count). The minimum absolute atomic E-state index is 0.0132. The van der Waals surface area contributed by atoms with Gasteiger partial charge in [-0.2, -0.15) is 0 Å². The smallest absolute Gasteiger partial charge is 0.223 e. The molecule has 0 heterocycles. The molecule has 3 nitrogen and oxygen atoms in total. The van der Waals surface area contributed by atoms with Crippen molar-refractivity contribution < 1.29 is 9.53 Å². The van der Waals surface area contributed by atoms with Gasteiger partial charge in [0.15, 0.2) is 0 Å². The van der Waals surface area contributed by atoms with E-state index in [-0.39, 0.29) is 11.8 Å². The largest absolute Gasteiger partial charge is 0.480 e. The van der Waals surface area contributed by atoms with Crippen LogP contribution in [0.1, 0.15) is 13.8 Å². The second-order valence-electron chi connectivity index (χ2n) is 4.99. The quantitative estimate of drug-likeness (QED) is 0.875. The van der Waals surface area contributed by atoms with E-state index in [0.29, 0.717) is 13.2 Å². The molecular weight excluding hydrogens is 262 g/mol. The average Bonchev–Trinajstić information content (AvgIpc) is 2.50. The Bertz CT molecular complexity index is 675. The summed E-state index contributed by atoms with van der Waals surface area (Å²) in [6.07, 6.45) is 0. The normalized spacial score (nSPS) is 10.0. The van der Waals surface area contributed by atoms with Crippen molar-refractivity contribution in [3.8, 4) is 17.6 Å². The molecule has 108 valence electrons. The van der Waals surface area contributed by atoms with Gasteiger partial charge in [-0.15, -0.1) is 0 Å². The lowest BCUT2D eigenvalue weighted by Crippen LogP contribution is -2.27. The lowest BCUT2D eigenvalue weighted by Gasteiger charge is -2.06. The third-order valence-electron chi connectivity index (χ3n) is 3.05. The van der Waals surface area contributed by atoms with Crippen molar-refractivity contribution in [2.45, 2.75) is 13.8 Å². The van der Waals surface area contributed by atoms with Crippen LogP contribution in [0.3, 0.4) is 0 Å². The van der Waals surface area contributed by atoms with Gasteiger partial charge in [-0.05, 0) is 11.5 Å². The van der Waals surface area contributed by atoms with Gasteiger partial charge in [0.2, 0.25) is 5.91 Å². The van der Waals surface area contributed by atoms with Crippen molar-refractivity contribution in [2.24, 2.45) is 5.92 Å². The Morgan fingerprint density at radius 3 is 2.71 bits per heavy atom. The first-order valence-electron chi connectivity index (χ1n) is 7.02. The number of amides is 1. The minimum atomic E-state index is -0.0151. The van der Waals surface area contributed by atoms with E-state index < -0.39 is 0 Å². The molecule has 0 aliphatic heterocycles. The minimum Gasteiger partial charge on any atom is -0.480 e. The molecule has 0 aromatic heterocycles. The highest BCUT2D eigenvalue weighted by Crippen LogP contribution is 2.24. The molecule has 0 unspecified atom stereocenters. The molecule has 21 heavy (non-hydrogen) atoms. The fourth-order valence-electron chi connectivity index (χ4n) is 1.88. The lowest BCUT2D eigenvalue weighted by atomic mass is 10.1. The summed E-state index contributed by atoms with van der Waals surface area (Å²) in [5.41, 5.74) is 0. The predicted octanol–water partition coefficient (Wildman–Crippen LogP) is 2.99. The SMILES string of the molecule is CC(C)C(=O)NCC#CCOc1cccc2ccccc12. The number of nitrogens with one attached hydrogen (secondary N) is 1. The summed E-state index contributed by atoms with van der Waals surface area (Å²) < 4.78 is 5.69. The summed E-state index contributed by atoms with van der Waals surface area (Å²) in [6, 6.07) is 14.0. The highest BCUT2D eigenvalue weighted by atomic mass is 16.5. The maximum atomic E-state index is 11.3. The Kier molecular flexibility index (Phi) is 5.22. The Balaban J connectivity index is 1.87. The van der Waals surface area contributed by atoms with E-state index in [0.717, 1.165) is 16.5 Å². The molecule has 0 spiro atoms. The molecular formula is C18H19NO2. The molecule has 2 aromatic rings. The Morgan fingerprint density at radius 1 is 1.14 bits per heavy atom. The maximum absolute atomic E-state index is 11.3. The second kappa shape index (κ2) is 7.35. The Morgan fingerprint density at radius 2 is 1.90 bits per heavy atom. The first-order chi connectivity index (χ1) is 10.2. The predicted molar refractivity (Wildman–Crippen MR) is 85.1 cm³/mol. The molecule has 0 saturated carbocycles. The van der Waals surface area contributed by atoms with Crippen LogP contribution < -0.4 is 10.1 Å². The molecule has 0 aliphatic carbocycles. The maximum Gasteiger partial charge on any atom is 0.223 e. The van der Waals surface area contributed by atoms with Crippen LogP contribution in [0.4, 0.5) is 0 Å². The molecule has 0 aliphatic rings. The monoisotopic (exact) mass is 281 g/mol. The number of fused-ring (bicyclic) bond motifs is 1. The van der Waals surface area contributed by atoms with Crippen molar-refractivity contribution >= 4 is 16.7 Å². The lowest BCUT2D eigenvalue weighted by molar-refractivity contribution is -0.123. The summed E-state index contributed by atoms with van der Waals surface area (Å²) >= 11 is 0. The van der Waals surface area contributed by atoms with Crippen LogP contribution in [0.2, 0.25) is 0 Å². The number of benzene rings is 2. The third kappa shape index (κ3) is 4.25. The van der Waals surface area contributed by atoms with Crippen molar-refractivity contribution in [2.75, 3.05) is 13.2 Å². The highest BCUT2D eigenvalue weighted by Gasteiger charge is 2.03. The van der Waals surface area contributed by atoms with Crippen molar-refractivity contribution in [1.82, 2.24) is 5.32 Å². The van der Waals surface area contributed by atoms with E-state index in [2.05, 4.69) is 29.3 Å². The summed E-state index contributed by atoms with van der Waals surface area (Å²) in [7, 11) is 0. The van der Waals surface area contributed by atoms with Gasteiger partial charge in [0.25, 0.3) is 0 Å². The first kappa shape index (κ1) is 14.9. The van der Waals surface area contributed by atoms with Gasteiger partial charge in [-0.3, -0.25) is 4.79 Å². The van der Waals surface area contributed by atoms with Gasteiger partial charge in [-0.1, -0.05) is 62.1 Å².